The van der Waals surface area contributed by atoms with Gasteiger partial charge in [-0.1, -0.05) is 13.8 Å². The molecule has 1 unspecified atom stereocenters. The van der Waals surface area contributed by atoms with Crippen LogP contribution in [0.4, 0.5) is 4.39 Å². The van der Waals surface area contributed by atoms with Crippen molar-refractivity contribution in [1.82, 2.24) is 0 Å². The topological polar surface area (TPSA) is 47.9 Å². The minimum Gasteiger partial charge on any atom is -0.475 e. The highest BCUT2D eigenvalue weighted by Crippen LogP contribution is 2.13. The first-order valence-corrected chi connectivity index (χ1v) is 5.75. The van der Waals surface area contributed by atoms with E-state index in [1.54, 1.807) is 12.1 Å². The number of ether oxygens (including phenoxy) is 2. The van der Waals surface area contributed by atoms with Crippen molar-refractivity contribution >= 4 is 11.9 Å². The van der Waals surface area contributed by atoms with E-state index < -0.39 is 12.0 Å². The van der Waals surface area contributed by atoms with E-state index in [4.69, 9.17) is 4.74 Å². The third-order valence-corrected chi connectivity index (χ3v) is 2.22. The highest BCUT2D eigenvalue weighted by atomic mass is 19.1. The smallest absolute Gasteiger partial charge is 0.334 e. The average molecular weight is 253 g/mol. The molecule has 0 radical (unpaired) electrons. The van der Waals surface area contributed by atoms with E-state index in [0.29, 0.717) is 11.5 Å². The van der Waals surface area contributed by atoms with Crippen LogP contribution in [0.5, 0.6) is 0 Å². The Bertz CT molecular complexity index is 428. The van der Waals surface area contributed by atoms with E-state index in [-0.39, 0.29) is 12.4 Å². The molecule has 0 N–H and O–H groups in total. The molecule has 5 heteroatoms. The predicted molar refractivity (Wildman–Crippen MR) is 66.0 cm³/mol. The number of hydrogen-bond donors (Lipinski definition) is 0. The molecule has 0 aromatic heterocycles. The van der Waals surface area contributed by atoms with E-state index in [0.717, 1.165) is 0 Å². The first-order valence-electron chi connectivity index (χ1n) is 5.75. The molecular weight excluding hydrogens is 237 g/mol. The van der Waals surface area contributed by atoms with Gasteiger partial charge in [0.05, 0.1) is 7.11 Å². The molecule has 1 heterocycles. The molecule has 1 atom stereocenters. The van der Waals surface area contributed by atoms with Crippen molar-refractivity contribution in [1.29, 1.82) is 0 Å². The summed E-state index contributed by atoms with van der Waals surface area (Å²) in [7, 11) is 1.30. The highest BCUT2D eigenvalue weighted by molar-refractivity contribution is 5.97. The van der Waals surface area contributed by atoms with Crippen LogP contribution in [0.15, 0.2) is 29.3 Å². The fraction of sp³-hybridized carbons (Fsp3) is 0.385. The van der Waals surface area contributed by atoms with E-state index in [1.807, 2.05) is 13.8 Å². The van der Waals surface area contributed by atoms with Gasteiger partial charge in [-0.25, -0.2) is 14.2 Å². The molecule has 1 aliphatic rings. The minimum absolute atomic E-state index is 0.166. The quantitative estimate of drug-likeness (QED) is 0.759. The number of methoxy groups -OCH3 is 1. The molecule has 98 valence electrons. The zero-order valence-corrected chi connectivity index (χ0v) is 10.6. The third kappa shape index (κ3) is 3.29. The molecule has 0 aliphatic carbocycles. The molecule has 4 nitrogen and oxygen atoms in total. The van der Waals surface area contributed by atoms with Gasteiger partial charge < -0.3 is 9.47 Å². The monoisotopic (exact) mass is 253 g/mol. The summed E-state index contributed by atoms with van der Waals surface area (Å²) in [5.74, 6) is -0.417. The number of carbonyl (C=O) groups is 1. The van der Waals surface area contributed by atoms with Gasteiger partial charge in [0.2, 0.25) is 5.90 Å². The molecule has 0 saturated heterocycles. The molecule has 18 heavy (non-hydrogen) atoms. The molecule has 0 fully saturated rings. The Balaban J connectivity index is 0.000000771. The zero-order chi connectivity index (χ0) is 13.5. The van der Waals surface area contributed by atoms with Crippen LogP contribution in [-0.2, 0) is 14.3 Å². The van der Waals surface area contributed by atoms with Crippen molar-refractivity contribution in [3.63, 3.8) is 0 Å². The first kappa shape index (κ1) is 14.2. The van der Waals surface area contributed by atoms with Crippen LogP contribution in [0, 0.1) is 5.82 Å². The van der Waals surface area contributed by atoms with E-state index in [2.05, 4.69) is 9.73 Å². The Morgan fingerprint density at radius 3 is 2.56 bits per heavy atom. The Morgan fingerprint density at radius 1 is 1.39 bits per heavy atom. The van der Waals surface area contributed by atoms with Gasteiger partial charge in [-0.05, 0) is 24.3 Å². The lowest BCUT2D eigenvalue weighted by Gasteiger charge is -2.00. The second-order valence-electron chi connectivity index (χ2n) is 3.29. The summed E-state index contributed by atoms with van der Waals surface area (Å²) >= 11 is 0. The lowest BCUT2D eigenvalue weighted by atomic mass is 10.2. The molecule has 0 saturated carbocycles. The van der Waals surface area contributed by atoms with Crippen LogP contribution in [-0.4, -0.2) is 31.6 Å². The minimum atomic E-state index is -0.620. The number of aliphatic imine (C=N–C) groups is 1. The maximum Gasteiger partial charge on any atom is 0.334 e. The number of hydrogen-bond acceptors (Lipinski definition) is 4. The summed E-state index contributed by atoms with van der Waals surface area (Å²) in [6, 6.07) is 5.10. The van der Waals surface area contributed by atoms with Crippen LogP contribution in [0.2, 0.25) is 0 Å². The van der Waals surface area contributed by atoms with Gasteiger partial charge in [0.1, 0.15) is 12.4 Å². The SMILES string of the molecule is CC.COC(=O)C1COC(c2ccc(F)cc2)=N1. The van der Waals surface area contributed by atoms with Crippen molar-refractivity contribution in [2.75, 3.05) is 13.7 Å². The maximum absolute atomic E-state index is 12.7. The van der Waals surface area contributed by atoms with Gasteiger partial charge in [0, 0.05) is 5.56 Å². The van der Waals surface area contributed by atoms with Gasteiger partial charge in [-0.15, -0.1) is 0 Å². The second-order valence-corrected chi connectivity index (χ2v) is 3.29. The summed E-state index contributed by atoms with van der Waals surface area (Å²) in [4.78, 5) is 15.2. The number of rotatable bonds is 2. The van der Waals surface area contributed by atoms with Crippen LogP contribution < -0.4 is 0 Å². The van der Waals surface area contributed by atoms with Crippen molar-refractivity contribution in [3.8, 4) is 0 Å². The van der Waals surface area contributed by atoms with Crippen molar-refractivity contribution in [2.45, 2.75) is 19.9 Å². The largest absolute Gasteiger partial charge is 0.475 e. The van der Waals surface area contributed by atoms with Crippen molar-refractivity contribution < 1.29 is 18.7 Å². The summed E-state index contributed by atoms with van der Waals surface area (Å²) in [6.07, 6.45) is 0. The van der Waals surface area contributed by atoms with E-state index in [1.165, 1.54) is 19.2 Å². The molecule has 1 aliphatic heterocycles. The zero-order valence-electron chi connectivity index (χ0n) is 10.6. The number of nitrogens with zero attached hydrogens (tertiary/aromatic N) is 1. The molecule has 1 aromatic carbocycles. The Labute approximate surface area is 105 Å². The maximum atomic E-state index is 12.7. The Morgan fingerprint density at radius 2 is 2.00 bits per heavy atom. The van der Waals surface area contributed by atoms with Crippen LogP contribution in [0.3, 0.4) is 0 Å². The Kier molecular flexibility index (Phi) is 5.30. The number of esters is 1. The molecule has 1 aromatic rings. The molecular formula is C13H16FNO3. The van der Waals surface area contributed by atoms with E-state index in [9.17, 15) is 9.18 Å². The number of halogens is 1. The lowest BCUT2D eigenvalue weighted by Crippen LogP contribution is -2.21. The molecule has 2 rings (SSSR count). The molecule has 0 spiro atoms. The first-order chi connectivity index (χ1) is 8.70. The second kappa shape index (κ2) is 6.74. The third-order valence-electron chi connectivity index (χ3n) is 2.22. The summed E-state index contributed by atoms with van der Waals surface area (Å²) < 4.78 is 22.5. The standard InChI is InChI=1S/C11H10FNO3.C2H6/c1-15-11(14)9-6-16-10(13-9)7-2-4-8(12)5-3-7;1-2/h2-5,9H,6H2,1H3;1-2H3. The van der Waals surface area contributed by atoms with Gasteiger partial charge in [-0.2, -0.15) is 0 Å². The summed E-state index contributed by atoms with van der Waals surface area (Å²) in [5, 5.41) is 0. The number of benzene rings is 1. The fourth-order valence-corrected chi connectivity index (χ4v) is 1.38. The Hall–Kier alpha value is -1.91. The fourth-order valence-electron chi connectivity index (χ4n) is 1.38. The van der Waals surface area contributed by atoms with Crippen molar-refractivity contribution in [2.24, 2.45) is 4.99 Å². The molecule has 0 bridgehead atoms. The van der Waals surface area contributed by atoms with Crippen LogP contribution in [0.25, 0.3) is 0 Å². The normalized spacial score (nSPS) is 17.1. The van der Waals surface area contributed by atoms with Gasteiger partial charge in [0.15, 0.2) is 6.04 Å². The summed E-state index contributed by atoms with van der Waals surface area (Å²) in [5.41, 5.74) is 0.646. The van der Waals surface area contributed by atoms with E-state index >= 15 is 0 Å². The van der Waals surface area contributed by atoms with Crippen LogP contribution in [0.1, 0.15) is 19.4 Å². The highest BCUT2D eigenvalue weighted by Gasteiger charge is 2.27. The summed E-state index contributed by atoms with van der Waals surface area (Å²) in [6.45, 7) is 4.17. The van der Waals surface area contributed by atoms with Crippen LogP contribution >= 0.6 is 0 Å². The lowest BCUT2D eigenvalue weighted by molar-refractivity contribution is -0.142. The number of carbonyl (C=O) groups excluding carboxylic acids is 1. The van der Waals surface area contributed by atoms with Gasteiger partial charge in [0.25, 0.3) is 0 Å². The average Bonchev–Trinajstić information content (AvgIpc) is 2.90. The van der Waals surface area contributed by atoms with Gasteiger partial charge in [-0.3, -0.25) is 0 Å². The predicted octanol–water partition coefficient (Wildman–Crippen LogP) is 2.17. The van der Waals surface area contributed by atoms with Crippen molar-refractivity contribution in [3.05, 3.63) is 35.6 Å². The van der Waals surface area contributed by atoms with Gasteiger partial charge >= 0.3 is 5.97 Å². The molecule has 0 amide bonds.